The van der Waals surface area contributed by atoms with E-state index in [9.17, 15) is 0 Å². The molecule has 2 aromatic rings. The van der Waals surface area contributed by atoms with Crippen LogP contribution in [-0.4, -0.2) is 0 Å². The summed E-state index contributed by atoms with van der Waals surface area (Å²) in [6.45, 7) is 6.73. The zero-order valence-electron chi connectivity index (χ0n) is 10.4. The van der Waals surface area contributed by atoms with E-state index in [4.69, 9.17) is 0 Å². The van der Waals surface area contributed by atoms with Gasteiger partial charge in [0.05, 0.1) is 0 Å². The fourth-order valence-electron chi connectivity index (χ4n) is 2.03. The van der Waals surface area contributed by atoms with Gasteiger partial charge in [-0.2, -0.15) is 6.07 Å². The van der Waals surface area contributed by atoms with Crippen molar-refractivity contribution in [2.45, 2.75) is 33.1 Å². The molecule has 0 aliphatic carbocycles. The predicted molar refractivity (Wildman–Crippen MR) is 63.0 cm³/mol. The molecule has 17 heavy (non-hydrogen) atoms. The largest absolute Gasteiger partial charge is 3.00 e. The molecule has 0 saturated carbocycles. The average Bonchev–Trinajstić information content (AvgIpc) is 2.59. The molecule has 3 heteroatoms. The zero-order valence-corrected chi connectivity index (χ0v) is 14.4. The molecule has 0 heterocycles. The van der Waals surface area contributed by atoms with Gasteiger partial charge >= 0.3 is 26.2 Å². The van der Waals surface area contributed by atoms with Crippen molar-refractivity contribution < 1.29 is 51.0 Å². The molecule has 0 spiro atoms. The number of aryl methyl sites for hydroxylation is 1. The van der Waals surface area contributed by atoms with Crippen LogP contribution in [0.2, 0.25) is 0 Å². The molecule has 0 bridgehead atoms. The Morgan fingerprint density at radius 2 is 1.82 bits per heavy atom. The maximum absolute atomic E-state index is 2.34. The molecular formula is C14H17Cl2Zr. The van der Waals surface area contributed by atoms with Gasteiger partial charge in [0.2, 0.25) is 0 Å². The molecule has 0 N–H and O–H groups in total. The second-order valence-electron chi connectivity index (χ2n) is 4.22. The number of rotatable bonds is 2. The van der Waals surface area contributed by atoms with Crippen LogP contribution < -0.4 is 24.8 Å². The Labute approximate surface area is 135 Å². The minimum Gasteiger partial charge on any atom is -1.00 e. The summed E-state index contributed by atoms with van der Waals surface area (Å²) in [4.78, 5) is 0. The van der Waals surface area contributed by atoms with E-state index in [-0.39, 0.29) is 51.0 Å². The molecular weight excluding hydrogens is 330 g/mol. The van der Waals surface area contributed by atoms with Gasteiger partial charge in [-0.25, -0.2) is 0 Å². The van der Waals surface area contributed by atoms with Crippen molar-refractivity contribution in [1.82, 2.24) is 0 Å². The molecule has 0 nitrogen and oxygen atoms in total. The number of fused-ring (bicyclic) bond motifs is 1. The Bertz CT molecular complexity index is 446. The van der Waals surface area contributed by atoms with Crippen LogP contribution in [0.15, 0.2) is 30.3 Å². The molecule has 0 saturated heterocycles. The van der Waals surface area contributed by atoms with E-state index in [2.05, 4.69) is 51.1 Å². The summed E-state index contributed by atoms with van der Waals surface area (Å²) in [6, 6.07) is 11.3. The third-order valence-electron chi connectivity index (χ3n) is 2.87. The molecule has 0 unspecified atom stereocenters. The van der Waals surface area contributed by atoms with Crippen LogP contribution >= 0.6 is 0 Å². The van der Waals surface area contributed by atoms with Crippen molar-refractivity contribution in [1.29, 1.82) is 0 Å². The van der Waals surface area contributed by atoms with Gasteiger partial charge in [0.1, 0.15) is 0 Å². The van der Waals surface area contributed by atoms with E-state index < -0.39 is 0 Å². The third-order valence-corrected chi connectivity index (χ3v) is 2.87. The molecule has 1 radical (unpaired) electrons. The minimum absolute atomic E-state index is 0. The van der Waals surface area contributed by atoms with Crippen LogP contribution in [0.4, 0.5) is 0 Å². The van der Waals surface area contributed by atoms with Crippen molar-refractivity contribution in [3.05, 3.63) is 41.5 Å². The van der Waals surface area contributed by atoms with E-state index in [0.717, 1.165) is 6.42 Å². The molecule has 91 valence electrons. The van der Waals surface area contributed by atoms with Gasteiger partial charge in [-0.15, -0.1) is 34.5 Å². The van der Waals surface area contributed by atoms with Crippen LogP contribution in [0.3, 0.4) is 0 Å². The minimum atomic E-state index is 0. The zero-order chi connectivity index (χ0) is 10.1. The maximum atomic E-state index is 2.34. The van der Waals surface area contributed by atoms with Gasteiger partial charge in [-0.05, 0) is 12.3 Å². The molecule has 2 rings (SSSR count). The first-order chi connectivity index (χ1) is 6.72. The number of benzene rings is 1. The van der Waals surface area contributed by atoms with Crippen LogP contribution in [0.1, 0.15) is 37.8 Å². The van der Waals surface area contributed by atoms with Crippen molar-refractivity contribution >= 4 is 10.8 Å². The first-order valence-electron chi connectivity index (χ1n) is 5.40. The van der Waals surface area contributed by atoms with Crippen molar-refractivity contribution in [3.8, 4) is 0 Å². The third kappa shape index (κ3) is 4.16. The van der Waals surface area contributed by atoms with Gasteiger partial charge in [-0.3, -0.25) is 0 Å². The Morgan fingerprint density at radius 3 is 2.35 bits per heavy atom. The topological polar surface area (TPSA) is 0 Å². The smallest absolute Gasteiger partial charge is 1.00 e. The van der Waals surface area contributed by atoms with Gasteiger partial charge in [0, 0.05) is 0 Å². The fourth-order valence-corrected chi connectivity index (χ4v) is 2.03. The fraction of sp³-hybridized carbons (Fsp3) is 0.357. The quantitative estimate of drug-likeness (QED) is 0.566. The number of hydrogen-bond acceptors (Lipinski definition) is 0. The second-order valence-corrected chi connectivity index (χ2v) is 4.22. The Hall–Kier alpha value is 0.293. The molecule has 0 fully saturated rings. The molecule has 0 aliphatic heterocycles. The van der Waals surface area contributed by atoms with Gasteiger partial charge in [-0.1, -0.05) is 32.4 Å². The Balaban J connectivity index is 0. The van der Waals surface area contributed by atoms with E-state index in [1.165, 1.54) is 21.9 Å². The van der Waals surface area contributed by atoms with Gasteiger partial charge in [0.15, 0.2) is 0 Å². The first kappa shape index (κ1) is 19.6. The normalized spacial score (nSPS) is 9.41. The average molecular weight is 347 g/mol. The van der Waals surface area contributed by atoms with Crippen LogP contribution in [0.25, 0.3) is 10.8 Å². The summed E-state index contributed by atoms with van der Waals surface area (Å²) in [6.07, 6.45) is 1.13. The number of hydrogen-bond donors (Lipinski definition) is 0. The molecule has 0 atom stereocenters. The second kappa shape index (κ2) is 8.40. The van der Waals surface area contributed by atoms with E-state index in [1.807, 2.05) is 0 Å². The molecule has 0 amide bonds. The van der Waals surface area contributed by atoms with Crippen molar-refractivity contribution in [2.24, 2.45) is 0 Å². The van der Waals surface area contributed by atoms with Gasteiger partial charge < -0.3 is 24.8 Å². The Morgan fingerprint density at radius 1 is 1.18 bits per heavy atom. The van der Waals surface area contributed by atoms with E-state index >= 15 is 0 Å². The first-order valence-corrected chi connectivity index (χ1v) is 5.40. The van der Waals surface area contributed by atoms with E-state index in [0.29, 0.717) is 5.92 Å². The van der Waals surface area contributed by atoms with Crippen molar-refractivity contribution in [3.63, 3.8) is 0 Å². The maximum Gasteiger partial charge on any atom is 3.00 e. The summed E-state index contributed by atoms with van der Waals surface area (Å²) < 4.78 is 0. The monoisotopic (exact) mass is 345 g/mol. The summed E-state index contributed by atoms with van der Waals surface area (Å²) in [7, 11) is 0. The standard InChI is InChI=1S/C14H17.2ClH.Zr/c1-4-11-8-12-6-5-7-13(10(2)3)14(12)9-11;;;/h5-10H,4H2,1-3H3;2*1H;/q-1;;;+3/p-2. The summed E-state index contributed by atoms with van der Waals surface area (Å²) in [5, 5.41) is 2.84. The van der Waals surface area contributed by atoms with Gasteiger partial charge in [0.25, 0.3) is 0 Å². The number of halogens is 2. The predicted octanol–water partition coefficient (Wildman–Crippen LogP) is -1.75. The van der Waals surface area contributed by atoms with Crippen LogP contribution in [-0.2, 0) is 32.6 Å². The van der Waals surface area contributed by atoms with Crippen LogP contribution in [0.5, 0.6) is 0 Å². The molecule has 0 aromatic heterocycles. The summed E-state index contributed by atoms with van der Waals surface area (Å²) >= 11 is 0. The summed E-state index contributed by atoms with van der Waals surface area (Å²) in [5.74, 6) is 0.616. The molecule has 2 aromatic carbocycles. The Kier molecular flexibility index (Phi) is 9.70. The molecule has 0 aliphatic rings. The summed E-state index contributed by atoms with van der Waals surface area (Å²) in [5.41, 5.74) is 2.93. The van der Waals surface area contributed by atoms with Crippen molar-refractivity contribution in [2.75, 3.05) is 0 Å². The van der Waals surface area contributed by atoms with Crippen LogP contribution in [0, 0.1) is 0 Å². The SMILES string of the molecule is CCc1cc2c(C(C)C)cccc2[cH-]1.[Cl-].[Cl-].[Zr+3]. The van der Waals surface area contributed by atoms with E-state index in [1.54, 1.807) is 0 Å².